The van der Waals surface area contributed by atoms with Crippen LogP contribution in [0.2, 0.25) is 0 Å². The van der Waals surface area contributed by atoms with Crippen LogP contribution >= 0.6 is 0 Å². The summed E-state index contributed by atoms with van der Waals surface area (Å²) < 4.78 is 12.1. The fourth-order valence-corrected chi connectivity index (χ4v) is 4.76. The summed E-state index contributed by atoms with van der Waals surface area (Å²) in [5.41, 5.74) is 2.12. The van der Waals surface area contributed by atoms with Crippen molar-refractivity contribution in [1.29, 1.82) is 0 Å². The van der Waals surface area contributed by atoms with Gasteiger partial charge < -0.3 is 19.7 Å². The molecule has 0 saturated heterocycles. The van der Waals surface area contributed by atoms with Crippen LogP contribution in [0.5, 0.6) is 5.75 Å². The van der Waals surface area contributed by atoms with E-state index in [4.69, 9.17) is 9.47 Å². The molecule has 1 aromatic heterocycles. The number of pyridine rings is 1. The minimum absolute atomic E-state index is 0.0321. The minimum Gasteiger partial charge on any atom is -0.491 e. The Morgan fingerprint density at radius 1 is 1.19 bits per heavy atom. The standard InChI is InChI=1S/C28H38N4O4/c1-19-15-32(16-23-10-5-6-13-29-23)20(2)18-36-25-14-22(30-27(33)21-8-7-9-21)11-12-24(25)28(34)31(3)17-26(19)35-4/h5-6,10-14,19-21,26H,7-9,15-18H2,1-4H3,(H,30,33)/t19-,20+,26+/m1/s1. The fraction of sp³-hybridized carbons (Fsp3) is 0.536. The summed E-state index contributed by atoms with van der Waals surface area (Å²) in [6, 6.07) is 11.3. The molecule has 36 heavy (non-hydrogen) atoms. The van der Waals surface area contributed by atoms with Crippen molar-refractivity contribution in [3.8, 4) is 5.75 Å². The first kappa shape index (κ1) is 26.1. The molecule has 4 rings (SSSR count). The van der Waals surface area contributed by atoms with E-state index >= 15 is 0 Å². The average Bonchev–Trinajstić information content (AvgIpc) is 2.83. The van der Waals surface area contributed by atoms with Gasteiger partial charge in [0.1, 0.15) is 12.4 Å². The zero-order valence-electron chi connectivity index (χ0n) is 21.8. The van der Waals surface area contributed by atoms with Gasteiger partial charge in [0.05, 0.1) is 17.4 Å². The number of likely N-dealkylation sites (N-methyl/N-ethyl adjacent to an activating group) is 1. The lowest BCUT2D eigenvalue weighted by molar-refractivity contribution is -0.122. The van der Waals surface area contributed by atoms with Gasteiger partial charge in [-0.05, 0) is 49.9 Å². The molecule has 2 aromatic rings. The summed E-state index contributed by atoms with van der Waals surface area (Å²) in [6.45, 7) is 6.59. The van der Waals surface area contributed by atoms with Gasteiger partial charge in [-0.2, -0.15) is 0 Å². The highest BCUT2D eigenvalue weighted by molar-refractivity contribution is 5.99. The number of hydrogen-bond donors (Lipinski definition) is 1. The molecule has 1 saturated carbocycles. The highest BCUT2D eigenvalue weighted by atomic mass is 16.5. The van der Waals surface area contributed by atoms with Gasteiger partial charge in [-0.1, -0.05) is 19.4 Å². The molecule has 2 amide bonds. The Hall–Kier alpha value is -2.97. The molecular formula is C28H38N4O4. The number of aromatic nitrogens is 1. The van der Waals surface area contributed by atoms with Crippen molar-refractivity contribution in [1.82, 2.24) is 14.8 Å². The van der Waals surface area contributed by atoms with Crippen LogP contribution in [-0.2, 0) is 16.1 Å². The topological polar surface area (TPSA) is 84.0 Å². The highest BCUT2D eigenvalue weighted by Gasteiger charge is 2.29. The molecule has 194 valence electrons. The van der Waals surface area contributed by atoms with Gasteiger partial charge in [-0.3, -0.25) is 19.5 Å². The molecule has 0 unspecified atom stereocenters. The van der Waals surface area contributed by atoms with E-state index in [1.807, 2.05) is 24.4 Å². The molecule has 2 heterocycles. The summed E-state index contributed by atoms with van der Waals surface area (Å²) in [6.07, 6.45) is 4.64. The smallest absolute Gasteiger partial charge is 0.257 e. The lowest BCUT2D eigenvalue weighted by atomic mass is 9.85. The molecule has 1 aliphatic carbocycles. The summed E-state index contributed by atoms with van der Waals surface area (Å²) in [5.74, 6) is 0.636. The van der Waals surface area contributed by atoms with Gasteiger partial charge in [0, 0.05) is 63.7 Å². The summed E-state index contributed by atoms with van der Waals surface area (Å²) in [4.78, 5) is 34.4. The Bertz CT molecular complexity index is 1040. The second-order valence-electron chi connectivity index (χ2n) is 10.2. The Labute approximate surface area is 214 Å². The lowest BCUT2D eigenvalue weighted by Crippen LogP contribution is -2.46. The molecule has 0 spiro atoms. The quantitative estimate of drug-likeness (QED) is 0.680. The highest BCUT2D eigenvalue weighted by Crippen LogP contribution is 2.30. The zero-order valence-corrected chi connectivity index (χ0v) is 21.8. The van der Waals surface area contributed by atoms with E-state index in [0.29, 0.717) is 36.7 Å². The molecule has 8 nitrogen and oxygen atoms in total. The normalized spacial score (nSPS) is 24.1. The molecule has 3 atom stereocenters. The molecule has 0 radical (unpaired) electrons. The van der Waals surface area contributed by atoms with E-state index in [1.54, 1.807) is 37.3 Å². The summed E-state index contributed by atoms with van der Waals surface area (Å²) in [5, 5.41) is 3.00. The van der Waals surface area contributed by atoms with Crippen LogP contribution in [0.3, 0.4) is 0 Å². The lowest BCUT2D eigenvalue weighted by Gasteiger charge is -2.36. The van der Waals surface area contributed by atoms with Crippen molar-refractivity contribution >= 4 is 17.5 Å². The summed E-state index contributed by atoms with van der Waals surface area (Å²) in [7, 11) is 3.49. The zero-order chi connectivity index (χ0) is 25.7. The number of ether oxygens (including phenoxy) is 2. The number of amides is 2. The predicted molar refractivity (Wildman–Crippen MR) is 139 cm³/mol. The number of benzene rings is 1. The minimum atomic E-state index is -0.130. The van der Waals surface area contributed by atoms with Gasteiger partial charge in [0.2, 0.25) is 5.91 Å². The second kappa shape index (κ2) is 11.8. The fourth-order valence-electron chi connectivity index (χ4n) is 4.76. The maximum absolute atomic E-state index is 13.4. The third kappa shape index (κ3) is 6.23. The Balaban J connectivity index is 1.61. The Morgan fingerprint density at radius 3 is 2.67 bits per heavy atom. The maximum atomic E-state index is 13.4. The van der Waals surface area contributed by atoms with Crippen LogP contribution in [0.25, 0.3) is 0 Å². The number of nitrogens with one attached hydrogen (secondary N) is 1. The van der Waals surface area contributed by atoms with E-state index in [9.17, 15) is 9.59 Å². The number of carbonyl (C=O) groups is 2. The molecule has 1 aliphatic heterocycles. The van der Waals surface area contributed by atoms with Crippen molar-refractivity contribution in [3.63, 3.8) is 0 Å². The molecule has 1 fully saturated rings. The number of rotatable bonds is 5. The molecule has 8 heteroatoms. The largest absolute Gasteiger partial charge is 0.491 e. The van der Waals surface area contributed by atoms with E-state index < -0.39 is 0 Å². The first-order valence-electron chi connectivity index (χ1n) is 12.9. The van der Waals surface area contributed by atoms with Crippen LogP contribution in [0.15, 0.2) is 42.6 Å². The van der Waals surface area contributed by atoms with Crippen LogP contribution < -0.4 is 10.1 Å². The molecular weight excluding hydrogens is 456 g/mol. The van der Waals surface area contributed by atoms with Crippen molar-refractivity contribution in [3.05, 3.63) is 53.9 Å². The third-order valence-corrected chi connectivity index (χ3v) is 7.41. The molecule has 1 aromatic carbocycles. The molecule has 0 bridgehead atoms. The van der Waals surface area contributed by atoms with Crippen molar-refractivity contribution in [2.75, 3.05) is 39.2 Å². The average molecular weight is 495 g/mol. The number of methoxy groups -OCH3 is 1. The van der Waals surface area contributed by atoms with Gasteiger partial charge >= 0.3 is 0 Å². The number of anilines is 1. The van der Waals surface area contributed by atoms with E-state index in [1.165, 1.54) is 0 Å². The molecule has 1 N–H and O–H groups in total. The number of fused-ring (bicyclic) bond motifs is 1. The predicted octanol–water partition coefficient (Wildman–Crippen LogP) is 3.83. The number of nitrogens with zero attached hydrogens (tertiary/aromatic N) is 3. The van der Waals surface area contributed by atoms with Gasteiger partial charge in [-0.15, -0.1) is 0 Å². The first-order chi connectivity index (χ1) is 17.4. The first-order valence-corrected chi connectivity index (χ1v) is 12.9. The van der Waals surface area contributed by atoms with E-state index in [2.05, 4.69) is 29.0 Å². The third-order valence-electron chi connectivity index (χ3n) is 7.41. The van der Waals surface area contributed by atoms with Crippen LogP contribution in [0.1, 0.15) is 49.2 Å². The maximum Gasteiger partial charge on any atom is 0.257 e. The van der Waals surface area contributed by atoms with E-state index in [-0.39, 0.29) is 35.8 Å². The monoisotopic (exact) mass is 494 g/mol. The number of carbonyl (C=O) groups excluding carboxylic acids is 2. The SMILES string of the molecule is CO[C@H]1CN(C)C(=O)c2ccc(NC(=O)C3CCC3)cc2OC[C@H](C)N(Cc2ccccn2)C[C@H]1C. The van der Waals surface area contributed by atoms with Crippen molar-refractivity contribution in [2.24, 2.45) is 11.8 Å². The van der Waals surface area contributed by atoms with Gasteiger partial charge in [-0.25, -0.2) is 0 Å². The van der Waals surface area contributed by atoms with Crippen molar-refractivity contribution in [2.45, 2.75) is 51.8 Å². The molecule has 2 aliphatic rings. The Kier molecular flexibility index (Phi) is 8.59. The van der Waals surface area contributed by atoms with Crippen LogP contribution in [-0.4, -0.2) is 72.6 Å². The second-order valence-corrected chi connectivity index (χ2v) is 10.2. The van der Waals surface area contributed by atoms with Crippen LogP contribution in [0.4, 0.5) is 5.69 Å². The number of hydrogen-bond acceptors (Lipinski definition) is 6. The van der Waals surface area contributed by atoms with Crippen LogP contribution in [0, 0.1) is 11.8 Å². The van der Waals surface area contributed by atoms with Crippen molar-refractivity contribution < 1.29 is 19.1 Å². The Morgan fingerprint density at radius 2 is 2.00 bits per heavy atom. The van der Waals surface area contributed by atoms with E-state index in [0.717, 1.165) is 31.5 Å². The summed E-state index contributed by atoms with van der Waals surface area (Å²) >= 11 is 0. The van der Waals surface area contributed by atoms with Gasteiger partial charge in [0.25, 0.3) is 5.91 Å². The van der Waals surface area contributed by atoms with Gasteiger partial charge in [0.15, 0.2) is 0 Å².